The van der Waals surface area contributed by atoms with Gasteiger partial charge in [0, 0.05) is 6.04 Å². The average Bonchev–Trinajstić information content (AvgIpc) is 1.96. The number of amides is 1. The molecule has 0 unspecified atom stereocenters. The van der Waals surface area contributed by atoms with Crippen LogP contribution < -0.4 is 56.7 Å². The second-order valence-corrected chi connectivity index (χ2v) is 4.44. The molecule has 0 aromatic carbocycles. The molecular formula is C8H15BF4KNO2. The molecule has 0 radical (unpaired) electrons. The van der Waals surface area contributed by atoms with Crippen molar-refractivity contribution in [2.75, 3.05) is 6.67 Å². The van der Waals surface area contributed by atoms with E-state index in [0.29, 0.717) is 0 Å². The molecule has 96 valence electrons. The van der Waals surface area contributed by atoms with Gasteiger partial charge in [0.15, 0.2) is 0 Å². The van der Waals surface area contributed by atoms with Gasteiger partial charge >= 0.3 is 64.5 Å². The minimum Gasteiger partial charge on any atom is -0.449 e. The zero-order valence-corrected chi connectivity index (χ0v) is 13.5. The molecule has 0 aliphatic rings. The van der Waals surface area contributed by atoms with Gasteiger partial charge in [-0.1, -0.05) is 6.32 Å². The van der Waals surface area contributed by atoms with E-state index in [-0.39, 0.29) is 51.4 Å². The zero-order valence-electron chi connectivity index (χ0n) is 10.4. The van der Waals surface area contributed by atoms with Crippen LogP contribution in [0.5, 0.6) is 0 Å². The number of hydrogen-bond donors (Lipinski definition) is 1. The van der Waals surface area contributed by atoms with E-state index in [1.807, 2.05) is 5.32 Å². The molecule has 0 aromatic heterocycles. The summed E-state index contributed by atoms with van der Waals surface area (Å²) in [5.41, 5.74) is -0.825. The molecule has 17 heavy (non-hydrogen) atoms. The third-order valence-electron chi connectivity index (χ3n) is 1.46. The first-order valence-corrected chi connectivity index (χ1v) is 4.80. The van der Waals surface area contributed by atoms with Crippen molar-refractivity contribution >= 4 is 13.1 Å². The van der Waals surface area contributed by atoms with Gasteiger partial charge in [0.2, 0.25) is 0 Å². The van der Waals surface area contributed by atoms with E-state index in [0.717, 1.165) is 0 Å². The van der Waals surface area contributed by atoms with Crippen LogP contribution in [0.1, 0.15) is 20.8 Å². The summed E-state index contributed by atoms with van der Waals surface area (Å²) in [6.45, 7) is -1.73. The molecule has 0 saturated carbocycles. The van der Waals surface area contributed by atoms with E-state index in [1.165, 1.54) is 0 Å². The molecule has 0 saturated heterocycles. The van der Waals surface area contributed by atoms with Gasteiger partial charge in [0.05, 0.1) is 0 Å². The van der Waals surface area contributed by atoms with Crippen molar-refractivity contribution in [3.05, 3.63) is 0 Å². The van der Waals surface area contributed by atoms with Crippen LogP contribution in [-0.2, 0) is 4.74 Å². The van der Waals surface area contributed by atoms with Gasteiger partial charge in [0.1, 0.15) is 12.3 Å². The van der Waals surface area contributed by atoms with E-state index >= 15 is 0 Å². The number of hydrogen-bond acceptors (Lipinski definition) is 2. The summed E-state index contributed by atoms with van der Waals surface area (Å²) in [5.74, 6) is 0. The molecule has 1 N–H and O–H groups in total. The van der Waals surface area contributed by atoms with Gasteiger partial charge in [-0.05, 0) is 20.8 Å². The van der Waals surface area contributed by atoms with E-state index in [2.05, 4.69) is 0 Å². The van der Waals surface area contributed by atoms with E-state index in [4.69, 9.17) is 4.74 Å². The molecule has 0 aliphatic heterocycles. The van der Waals surface area contributed by atoms with E-state index in [1.54, 1.807) is 20.8 Å². The van der Waals surface area contributed by atoms with Crippen molar-refractivity contribution in [1.29, 1.82) is 0 Å². The predicted molar refractivity (Wildman–Crippen MR) is 53.0 cm³/mol. The van der Waals surface area contributed by atoms with E-state index in [9.17, 15) is 22.1 Å². The smallest absolute Gasteiger partial charge is 0.449 e. The maximum atomic E-state index is 12.2. The van der Waals surface area contributed by atoms with Crippen LogP contribution in [0.3, 0.4) is 0 Å². The van der Waals surface area contributed by atoms with Gasteiger partial charge < -0.3 is 23.0 Å². The topological polar surface area (TPSA) is 38.3 Å². The quantitative estimate of drug-likeness (QED) is 0.568. The summed E-state index contributed by atoms with van der Waals surface area (Å²) >= 11 is 0. The van der Waals surface area contributed by atoms with Gasteiger partial charge in [-0.3, -0.25) is 0 Å². The molecule has 0 bridgehead atoms. The van der Waals surface area contributed by atoms with Crippen LogP contribution in [0.4, 0.5) is 22.1 Å². The fourth-order valence-electron chi connectivity index (χ4n) is 0.957. The molecular weight excluding hydrogens is 268 g/mol. The summed E-state index contributed by atoms with van der Waals surface area (Å²) in [7, 11) is 0. The first-order chi connectivity index (χ1) is 7.03. The Hall–Kier alpha value is 0.691. The molecule has 0 rings (SSSR count). The van der Waals surface area contributed by atoms with Gasteiger partial charge in [-0.15, -0.1) is 0 Å². The summed E-state index contributed by atoms with van der Waals surface area (Å²) in [6.07, 6.45) is -2.40. The molecule has 9 heteroatoms. The third-order valence-corrected chi connectivity index (χ3v) is 1.46. The Morgan fingerprint density at radius 1 is 1.35 bits per heavy atom. The Bertz CT molecular complexity index is 245. The first kappa shape index (κ1) is 20.0. The second-order valence-electron chi connectivity index (χ2n) is 4.44. The molecule has 0 heterocycles. The molecule has 0 fully saturated rings. The molecule has 1 atom stereocenters. The monoisotopic (exact) mass is 283 g/mol. The Morgan fingerprint density at radius 3 is 2.12 bits per heavy atom. The summed E-state index contributed by atoms with van der Waals surface area (Å²) in [4.78, 5) is 11.1. The SMILES string of the molecule is CC(C)(C)OC(=O)N[C@@H](CF)C[B-](F)(F)F.[K+]. The Balaban J connectivity index is 0. The maximum Gasteiger partial charge on any atom is 1.00 e. The normalized spacial score (nSPS) is 13.6. The van der Waals surface area contributed by atoms with Crippen molar-refractivity contribution in [3.63, 3.8) is 0 Å². The molecule has 3 nitrogen and oxygen atoms in total. The molecule has 0 spiro atoms. The van der Waals surface area contributed by atoms with Crippen molar-refractivity contribution in [1.82, 2.24) is 5.32 Å². The Kier molecular flexibility index (Phi) is 9.40. The molecule has 0 aromatic rings. The fraction of sp³-hybridized carbons (Fsp3) is 0.875. The first-order valence-electron chi connectivity index (χ1n) is 4.80. The number of carbonyl (C=O) groups is 1. The summed E-state index contributed by atoms with van der Waals surface area (Å²) in [6, 6.07) is -1.57. The van der Waals surface area contributed by atoms with E-state index < -0.39 is 37.7 Å². The molecule has 1 amide bonds. The second kappa shape index (κ2) is 7.98. The van der Waals surface area contributed by atoms with Crippen molar-refractivity contribution in [2.24, 2.45) is 0 Å². The fourth-order valence-corrected chi connectivity index (χ4v) is 0.957. The van der Waals surface area contributed by atoms with Gasteiger partial charge in [0.25, 0.3) is 0 Å². The minimum atomic E-state index is -5.13. The molecule has 0 aliphatic carbocycles. The summed E-state index contributed by atoms with van der Waals surface area (Å²) in [5, 5.41) is 1.84. The Morgan fingerprint density at radius 2 is 1.82 bits per heavy atom. The van der Waals surface area contributed by atoms with Crippen molar-refractivity contribution in [3.8, 4) is 0 Å². The average molecular weight is 283 g/mol. The minimum absolute atomic E-state index is 0. The van der Waals surface area contributed by atoms with Crippen LogP contribution in [-0.4, -0.2) is 31.4 Å². The van der Waals surface area contributed by atoms with Crippen LogP contribution in [0.15, 0.2) is 0 Å². The number of alkyl halides is 1. The van der Waals surface area contributed by atoms with Crippen molar-refractivity contribution in [2.45, 2.75) is 38.7 Å². The largest absolute Gasteiger partial charge is 1.00 e. The predicted octanol–water partition coefficient (Wildman–Crippen LogP) is -0.299. The van der Waals surface area contributed by atoms with Crippen LogP contribution in [0.25, 0.3) is 0 Å². The number of carbonyl (C=O) groups excluding carboxylic acids is 1. The van der Waals surface area contributed by atoms with Crippen LogP contribution in [0.2, 0.25) is 6.32 Å². The standard InChI is InChI=1S/C8H15BF4NO2.K/c1-8(2,3)16-7(15)14-6(5-10)4-9(11,12)13;/h6H,4-5H2,1-3H3,(H,14,15);/q-1;+1/t6-;/m1./s1. The van der Waals surface area contributed by atoms with Crippen LogP contribution >= 0.6 is 0 Å². The number of ether oxygens (including phenoxy) is 1. The number of rotatable bonds is 4. The zero-order chi connectivity index (χ0) is 13.0. The third kappa shape index (κ3) is 12.9. The van der Waals surface area contributed by atoms with Gasteiger partial charge in [-0.25, -0.2) is 9.18 Å². The Labute approximate surface area is 141 Å². The van der Waals surface area contributed by atoms with Crippen molar-refractivity contribution < 1.29 is 78.3 Å². The van der Waals surface area contributed by atoms with Gasteiger partial charge in [-0.2, -0.15) is 0 Å². The number of halogens is 4. The van der Waals surface area contributed by atoms with Crippen LogP contribution in [0, 0.1) is 0 Å². The maximum absolute atomic E-state index is 12.2. The summed E-state index contributed by atoms with van der Waals surface area (Å²) < 4.78 is 52.9. The number of alkyl carbamates (subject to hydrolysis) is 1. The number of nitrogens with one attached hydrogen (secondary N) is 1.